The second-order valence-electron chi connectivity index (χ2n) is 23.8. The number of hydrogen-bond acceptors (Lipinski definition) is 23. The van der Waals surface area contributed by atoms with Crippen molar-refractivity contribution < 1.29 is 80.8 Å². The van der Waals surface area contributed by atoms with Crippen molar-refractivity contribution in [2.24, 2.45) is 40.9 Å². The van der Waals surface area contributed by atoms with Crippen LogP contribution in [0.1, 0.15) is 212 Å². The Hall–Kier alpha value is -8.44. The molecule has 30 nitrogen and oxygen atoms in total. The first-order valence-electron chi connectivity index (χ1n) is 33.6. The van der Waals surface area contributed by atoms with Gasteiger partial charge in [0.2, 0.25) is 66.7 Å². The Labute approximate surface area is 549 Å². The summed E-state index contributed by atoms with van der Waals surface area (Å²) in [5.74, 6) is -1.72. The highest BCUT2D eigenvalue weighted by molar-refractivity contribution is 6.16. The van der Waals surface area contributed by atoms with Gasteiger partial charge in [-0.3, -0.25) is 24.3 Å². The van der Waals surface area contributed by atoms with Gasteiger partial charge in [-0.25, -0.2) is 77.5 Å². The second-order valence-corrected chi connectivity index (χ2v) is 23.8. The second kappa shape index (κ2) is 48.3. The molecular formula is C64H95N15O15+2. The molecule has 0 aromatic rings. The fourth-order valence-electron chi connectivity index (χ4n) is 12.4. The number of isocyanates is 7. The third-order valence-electron chi connectivity index (χ3n) is 17.5. The zero-order valence-electron chi connectivity index (χ0n) is 54.5. The van der Waals surface area contributed by atoms with Crippen LogP contribution in [-0.4, -0.2) is 210 Å². The fraction of sp³-hybridized carbons (Fsp3) is 0.766. The lowest BCUT2D eigenvalue weighted by Crippen LogP contribution is -2.79. The quantitative estimate of drug-likeness (QED) is 0.0150. The van der Waals surface area contributed by atoms with Crippen LogP contribution < -0.4 is 5.32 Å². The molecule has 0 bridgehead atoms. The number of barbiturate groups is 1. The average Bonchev–Trinajstić information content (AvgIpc) is 1.01. The van der Waals surface area contributed by atoms with E-state index in [1.54, 1.807) is 18.4 Å². The predicted molar refractivity (Wildman–Crippen MR) is 337 cm³/mol. The van der Waals surface area contributed by atoms with Crippen LogP contribution >= 0.6 is 0 Å². The van der Waals surface area contributed by atoms with E-state index in [0.29, 0.717) is 117 Å². The van der Waals surface area contributed by atoms with Crippen LogP contribution in [0.2, 0.25) is 0 Å². The van der Waals surface area contributed by atoms with Gasteiger partial charge in [0.15, 0.2) is 0 Å². The summed E-state index contributed by atoms with van der Waals surface area (Å²) in [4.78, 5) is 196. The molecule has 5 aliphatic rings. The Kier molecular flexibility index (Phi) is 41.0. The van der Waals surface area contributed by atoms with Gasteiger partial charge in [-0.05, 0) is 128 Å². The van der Waals surface area contributed by atoms with E-state index in [4.69, 9.17) is 5.26 Å². The molecule has 1 N–H and O–H groups in total. The van der Waals surface area contributed by atoms with E-state index in [-0.39, 0.29) is 36.2 Å². The molecule has 5 saturated heterocycles. The van der Waals surface area contributed by atoms with Gasteiger partial charge >= 0.3 is 30.2 Å². The van der Waals surface area contributed by atoms with E-state index in [9.17, 15) is 67.1 Å². The van der Waals surface area contributed by atoms with Crippen molar-refractivity contribution >= 4 is 84.5 Å². The standard InChI is InChI=1S/C25H37N5O6.C23H34N6O5.C16H23N4O4/c31-19-26-14-8-2-1-7-13-22-23(34)29(17-11-5-3-9-15-27-20-32)25(36)30(24(22)35)18-12-6-4-10-16-28-21-33;30-17-24-13-7-1-2-8-14-25-22(33)29(16-10-4-6-12-21(29)27-19-32)23(34)28-15-9-3-5-11-20(28)26-18-31;17-12-24-11-7-2-1-5-9-19-15(22)20(16(19)23)10-6-3-4-8-14(20)18-13-21/h22H,1-18H2;20-21H,1-16H2;14H,1-11H2/q;;+1/p+1. The molecule has 0 saturated carbocycles. The van der Waals surface area contributed by atoms with Crippen LogP contribution in [0.5, 0.6) is 0 Å². The highest BCUT2D eigenvalue weighted by Gasteiger charge is 2.67. The van der Waals surface area contributed by atoms with Crippen LogP contribution in [0.25, 0.3) is 0 Å². The monoisotopic (exact) mass is 1310 g/mol. The molecule has 30 heteroatoms. The molecule has 0 aromatic carbocycles. The van der Waals surface area contributed by atoms with Gasteiger partial charge in [0.1, 0.15) is 18.7 Å². The van der Waals surface area contributed by atoms with Crippen LogP contribution in [0.4, 0.5) is 24.0 Å². The molecule has 0 radical (unpaired) electrons. The number of likely N-dealkylation sites (tertiary alicyclic amines) is 2. The van der Waals surface area contributed by atoms with Gasteiger partial charge in [0.05, 0.1) is 39.3 Å². The van der Waals surface area contributed by atoms with Crippen molar-refractivity contribution in [3.63, 3.8) is 0 Å². The number of hydrogen-bond donors (Lipinski definition) is 1. The first-order valence-corrected chi connectivity index (χ1v) is 33.6. The Balaban J connectivity index is 0.000000375. The molecule has 0 aliphatic carbocycles. The Morgan fingerprint density at radius 3 is 1.45 bits per heavy atom. The molecule has 5 heterocycles. The third kappa shape index (κ3) is 25.8. The average molecular weight is 1310 g/mol. The number of imide groups is 5. The summed E-state index contributed by atoms with van der Waals surface area (Å²) in [7, 11) is 0. The molecular weight excluding hydrogens is 1220 g/mol. The highest BCUT2D eigenvalue weighted by atomic mass is 16.5. The van der Waals surface area contributed by atoms with Crippen LogP contribution in [0, 0.1) is 17.4 Å². The third-order valence-corrected chi connectivity index (χ3v) is 17.5. The lowest BCUT2D eigenvalue weighted by Gasteiger charge is -2.46. The zero-order chi connectivity index (χ0) is 68.5. The van der Waals surface area contributed by atoms with Gasteiger partial charge in [0.25, 0.3) is 6.26 Å². The summed E-state index contributed by atoms with van der Waals surface area (Å²) < 4.78 is 3.63. The lowest BCUT2D eigenvalue weighted by molar-refractivity contribution is -0.825. The van der Waals surface area contributed by atoms with Gasteiger partial charge in [0, 0.05) is 45.6 Å². The number of carbonyl (C=O) groups excluding carboxylic acids is 14. The zero-order valence-corrected chi connectivity index (χ0v) is 54.5. The maximum atomic E-state index is 14.0. The lowest BCUT2D eigenvalue weighted by atomic mass is 9.95. The number of aliphatic imine (C=N–C) groups is 7. The molecule has 5 rings (SSSR count). The van der Waals surface area contributed by atoms with Gasteiger partial charge in [-0.2, -0.15) is 15.2 Å². The number of amides is 12. The molecule has 5 aliphatic heterocycles. The van der Waals surface area contributed by atoms with Crippen LogP contribution in [0.3, 0.4) is 0 Å². The summed E-state index contributed by atoms with van der Waals surface area (Å²) in [5, 5.41) is 11.1. The topological polar surface area (TPSA) is 384 Å². The van der Waals surface area contributed by atoms with Crippen LogP contribution in [0.15, 0.2) is 34.9 Å². The number of ether oxygens (including phenoxy) is 1. The summed E-state index contributed by atoms with van der Waals surface area (Å²) in [6.45, 7) is 4.39. The van der Waals surface area contributed by atoms with E-state index in [1.807, 2.05) is 0 Å². The van der Waals surface area contributed by atoms with Crippen molar-refractivity contribution in [1.29, 1.82) is 5.26 Å². The maximum Gasteiger partial charge on any atom is 0.441 e. The number of nitrogens with zero attached hydrogens (tertiary/aromatic N) is 14. The first-order chi connectivity index (χ1) is 45.9. The minimum absolute atomic E-state index is 0.220. The first kappa shape index (κ1) is 79.8. The Morgan fingerprint density at radius 1 is 0.479 bits per heavy atom. The van der Waals surface area contributed by atoms with Crippen molar-refractivity contribution in [2.45, 2.75) is 230 Å². The molecule has 1 spiro atoms. The summed E-state index contributed by atoms with van der Waals surface area (Å²) in [6.07, 6.45) is 34.7. The summed E-state index contributed by atoms with van der Waals surface area (Å²) in [6, 6.07) is -1.98. The molecule has 514 valence electrons. The van der Waals surface area contributed by atoms with Crippen LogP contribution in [-0.2, 0) is 47.9 Å². The minimum Gasteiger partial charge on any atom is -0.428 e. The Bertz CT molecular complexity index is 2680. The fourth-order valence-corrected chi connectivity index (χ4v) is 12.4. The van der Waals surface area contributed by atoms with Gasteiger partial charge < -0.3 is 10.1 Å². The van der Waals surface area contributed by atoms with E-state index in [2.05, 4.69) is 45.0 Å². The van der Waals surface area contributed by atoms with Crippen molar-refractivity contribution in [3.05, 3.63) is 0 Å². The summed E-state index contributed by atoms with van der Waals surface area (Å²) in [5.41, 5.74) is 0. The molecule has 4 atom stereocenters. The largest absolute Gasteiger partial charge is 0.441 e. The van der Waals surface area contributed by atoms with Crippen molar-refractivity contribution in [1.82, 2.24) is 24.9 Å². The van der Waals surface area contributed by atoms with E-state index < -0.39 is 58.8 Å². The molecule has 94 heavy (non-hydrogen) atoms. The number of nitriles is 1. The summed E-state index contributed by atoms with van der Waals surface area (Å²) >= 11 is 0. The normalized spacial score (nSPS) is 20.6. The molecule has 4 unspecified atom stereocenters. The molecule has 0 aromatic heterocycles. The van der Waals surface area contributed by atoms with Crippen molar-refractivity contribution in [2.75, 3.05) is 78.6 Å². The van der Waals surface area contributed by atoms with E-state index in [0.717, 1.165) is 154 Å². The van der Waals surface area contributed by atoms with Gasteiger partial charge in [-0.15, -0.1) is 19.0 Å². The number of carbonyl (C=O) groups is 7. The van der Waals surface area contributed by atoms with Gasteiger partial charge in [-0.1, -0.05) is 70.6 Å². The number of quaternary nitrogens is 2. The number of rotatable bonds is 38. The highest BCUT2D eigenvalue weighted by Crippen LogP contribution is 2.37. The van der Waals surface area contributed by atoms with E-state index in [1.165, 1.54) is 50.0 Å². The number of unbranched alkanes of at least 4 members (excludes halogenated alkanes) is 15. The number of nitrogens with one attached hydrogen (secondary N) is 1. The Morgan fingerprint density at radius 2 is 0.926 bits per heavy atom. The molecule has 12 amide bonds. The molecule has 5 fully saturated rings. The number of urea groups is 5. The van der Waals surface area contributed by atoms with E-state index >= 15 is 0 Å². The van der Waals surface area contributed by atoms with Crippen molar-refractivity contribution in [3.8, 4) is 6.26 Å². The minimum atomic E-state index is -0.863. The maximum absolute atomic E-state index is 14.0. The smallest absolute Gasteiger partial charge is 0.428 e. The SMILES string of the molecule is N#COCCCCCCN1C(=O)[N+]2(CCCCCC2N=C=O)C1=O.O=C=NCCCCCCC1C(=O)N(CCCCCCN=C=O)C(=O)N(CCCCCCN=C=O)C1=O.O=C=NCCCCCCNC(=O)[N+]1(C(=O)N2CCCCCC2N=C=O)CCCCCC1N=C=O. The predicted octanol–water partition coefficient (Wildman–Crippen LogP) is 9.43.